The molecule has 6 aliphatic rings. The lowest BCUT2D eigenvalue weighted by molar-refractivity contribution is 0.482. The van der Waals surface area contributed by atoms with E-state index in [1.165, 1.54) is 133 Å². The molecule has 0 aliphatic carbocycles. The van der Waals surface area contributed by atoms with Crippen molar-refractivity contribution in [1.82, 2.24) is 0 Å². The number of hydrogen-bond donors (Lipinski definition) is 1. The minimum absolute atomic E-state index is 0.356. The Morgan fingerprint density at radius 3 is 1.01 bits per heavy atom. The first-order valence-corrected chi connectivity index (χ1v) is 39.3. The molecule has 8 nitrogen and oxygen atoms in total. The van der Waals surface area contributed by atoms with Gasteiger partial charge in [-0.2, -0.15) is 0 Å². The molecule has 2 aromatic heterocycles. The van der Waals surface area contributed by atoms with Crippen LogP contribution >= 0.6 is 0 Å². The molecule has 21 rings (SSSR count). The summed E-state index contributed by atoms with van der Waals surface area (Å²) in [4.78, 5) is 7.99. The zero-order chi connectivity index (χ0) is 76.2. The minimum atomic E-state index is -0.402. The van der Waals surface area contributed by atoms with Crippen LogP contribution in [0.4, 0.5) is 62.6 Å². The van der Waals surface area contributed by atoms with Gasteiger partial charge in [0.2, 0.25) is 0 Å². The van der Waals surface area contributed by atoms with Crippen molar-refractivity contribution in [2.45, 2.75) is 125 Å². The van der Waals surface area contributed by atoms with Gasteiger partial charge in [0.15, 0.2) is 11.5 Å². The van der Waals surface area contributed by atoms with Crippen molar-refractivity contribution in [3.63, 3.8) is 0 Å². The van der Waals surface area contributed by atoms with Gasteiger partial charge in [-0.05, 0) is 325 Å². The number of nitrogens with zero attached hydrogens (tertiary/aromatic N) is 3. The predicted molar refractivity (Wildman–Crippen MR) is 468 cm³/mol. The van der Waals surface area contributed by atoms with Gasteiger partial charge in [0.1, 0.15) is 34.0 Å². The molecule has 0 unspecified atom stereocenters. The van der Waals surface area contributed by atoms with E-state index in [-0.39, 0.29) is 13.4 Å². The van der Waals surface area contributed by atoms with Crippen LogP contribution in [0.3, 0.4) is 0 Å². The number of nitrogens with one attached hydrogen (secondary N) is 1. The van der Waals surface area contributed by atoms with Gasteiger partial charge in [0.05, 0.1) is 27.8 Å². The van der Waals surface area contributed by atoms with Gasteiger partial charge in [-0.1, -0.05) is 143 Å². The zero-order valence-electron chi connectivity index (χ0n) is 66.5. The first-order chi connectivity index (χ1) is 53.4. The van der Waals surface area contributed by atoms with E-state index in [0.717, 1.165) is 157 Å². The topological polar surface area (TPSA) is 66.5 Å². The Bertz CT molecular complexity index is 6650. The zero-order valence-corrected chi connectivity index (χ0v) is 66.5. The van der Waals surface area contributed by atoms with Crippen LogP contribution in [0.15, 0.2) is 191 Å². The maximum Gasteiger partial charge on any atom is 0.301 e. The summed E-state index contributed by atoms with van der Waals surface area (Å²) in [5.41, 5.74) is 52.4. The molecule has 1 N–H and O–H groups in total. The van der Waals surface area contributed by atoms with Crippen LogP contribution in [0.2, 0.25) is 0 Å². The molecule has 0 amide bonds. The number of fused-ring (bicyclic) bond motifs is 16. The Balaban J connectivity index is 0.927. The highest BCUT2D eigenvalue weighted by molar-refractivity contribution is 7.04. The number of rotatable bonds is 6. The van der Waals surface area contributed by atoms with E-state index in [9.17, 15) is 0 Å². The van der Waals surface area contributed by atoms with Crippen molar-refractivity contribution >= 4 is 154 Å². The summed E-state index contributed by atoms with van der Waals surface area (Å²) in [6, 6.07) is 70.0. The van der Waals surface area contributed by atoms with Gasteiger partial charge in [-0.15, -0.1) is 0 Å². The summed E-state index contributed by atoms with van der Waals surface area (Å²) < 4.78 is 29.8. The van der Waals surface area contributed by atoms with Crippen LogP contribution in [0.1, 0.15) is 100 Å². The first-order valence-electron chi connectivity index (χ1n) is 39.3. The van der Waals surface area contributed by atoms with E-state index in [4.69, 9.17) is 18.3 Å². The van der Waals surface area contributed by atoms with Crippen molar-refractivity contribution in [2.75, 3.05) is 20.0 Å². The van der Waals surface area contributed by atoms with Crippen LogP contribution < -0.4 is 79.0 Å². The summed E-state index contributed by atoms with van der Waals surface area (Å²) in [5, 5.41) is 6.14. The number of para-hydroxylation sites is 2. The summed E-state index contributed by atoms with van der Waals surface area (Å²) >= 11 is 0. The highest BCUT2D eigenvalue weighted by atomic mass is 16.5. The van der Waals surface area contributed by atoms with Gasteiger partial charge in [-0.3, -0.25) is 0 Å². The Kier molecular flexibility index (Phi) is 14.3. The molecule has 15 aromatic rings. The third kappa shape index (κ3) is 9.63. The minimum Gasteiger partial charge on any atom is -0.466 e. The van der Waals surface area contributed by atoms with Crippen LogP contribution in [0, 0.1) is 125 Å². The van der Waals surface area contributed by atoms with Gasteiger partial charge in [-0.25, -0.2) is 0 Å². The number of furan rings is 2. The maximum absolute atomic E-state index is 7.60. The summed E-state index contributed by atoms with van der Waals surface area (Å²) in [5.74, 6) is 3.18. The van der Waals surface area contributed by atoms with E-state index >= 15 is 0 Å². The molecule has 0 bridgehead atoms. The van der Waals surface area contributed by atoms with E-state index in [0.29, 0.717) is 0 Å². The lowest BCUT2D eigenvalue weighted by atomic mass is 9.30. The fourth-order valence-corrected chi connectivity index (χ4v) is 21.8. The fourth-order valence-electron chi connectivity index (χ4n) is 21.8. The smallest absolute Gasteiger partial charge is 0.301 e. The number of anilines is 11. The molecule has 6 aliphatic heterocycles. The highest BCUT2D eigenvalue weighted by Gasteiger charge is 2.52. The molecule has 13 aromatic carbocycles. The van der Waals surface area contributed by atoms with E-state index in [2.05, 4.69) is 327 Å². The largest absolute Gasteiger partial charge is 0.466 e. The summed E-state index contributed by atoms with van der Waals surface area (Å²) in [6.07, 6.45) is 0. The van der Waals surface area contributed by atoms with Crippen LogP contribution in [-0.2, 0) is 0 Å². The molecule has 0 saturated carbocycles. The second kappa shape index (κ2) is 23.7. The SMILES string of the molecule is Cc1cc(C)c(-c2cc3c4c(c2)Oc2c(oc5ccccc25)B4c2cc4c(cc2N3)N(c2c(C)cc(C)cc2C)c2cc(-c3c(C)cc(C)cc3C)cc3c2B4c2cc4c(cc2N3c2c(C)cc(C)cc2C)N(c2c(C)cc(C)cc2C)c2cc(-c3c(C)cc(C)cc3C)cc3c2B4c2oc4ccccc4c2O3)c(C)c1. The second-order valence-electron chi connectivity index (χ2n) is 33.5. The standard InChI is InChI=1S/C100H85B3N4O4/c1-49-27-55(7)88(56(8)28-49)67-39-77-91-86(43-67)108-97-70-23-19-21-25-84(70)110-99(97)102(91)72-45-73-78(47-76(72)104-77)105(94-61(13)33-52(4)34-62(94)14)81-40-68(89-57(9)29-50(2)30-58(89)10)41-82-92(81)101(73)74-46-75-80(48-79(74)106(82)95-63(15)35-53(5)36-64(95)16)107(96-65(17)37-54(6)38-66(96)18)83-42-69(90-59(11)31-51(3)32-60(90)12)44-87-93(83)103(75)100-98(109-87)71-24-20-22-26-85(71)111-100/h19-48,104H,1-18H3. The molecule has 0 fully saturated rings. The molecule has 8 heterocycles. The van der Waals surface area contributed by atoms with Crippen LogP contribution in [0.5, 0.6) is 23.0 Å². The number of aryl methyl sites for hydroxylation is 18. The maximum atomic E-state index is 7.60. The molecular weight excluding hydrogens is 1350 g/mol. The number of ether oxygens (including phenoxy) is 2. The van der Waals surface area contributed by atoms with Crippen molar-refractivity contribution in [3.8, 4) is 56.4 Å². The lowest BCUT2D eigenvalue weighted by Gasteiger charge is -2.47. The number of hydrogen-bond acceptors (Lipinski definition) is 8. The Labute approximate surface area is 651 Å². The second-order valence-corrected chi connectivity index (χ2v) is 33.5. The molecule has 0 spiro atoms. The average molecular weight is 1440 g/mol. The summed E-state index contributed by atoms with van der Waals surface area (Å²) in [7, 11) is 0. The lowest BCUT2D eigenvalue weighted by Crippen LogP contribution is -2.66. The van der Waals surface area contributed by atoms with Crippen molar-refractivity contribution in [2.24, 2.45) is 0 Å². The first kappa shape index (κ1) is 67.1. The Hall–Kier alpha value is -12.1. The van der Waals surface area contributed by atoms with Gasteiger partial charge < -0.3 is 38.3 Å². The fraction of sp³-hybridized carbons (Fsp3) is 0.180. The average Bonchev–Trinajstić information content (AvgIpc) is 1.24. The monoisotopic (exact) mass is 1440 g/mol. The highest BCUT2D eigenvalue weighted by Crippen LogP contribution is 2.54. The van der Waals surface area contributed by atoms with Gasteiger partial charge >= 0.3 is 13.4 Å². The molecule has 0 atom stereocenters. The molecule has 111 heavy (non-hydrogen) atoms. The third-order valence-corrected chi connectivity index (χ3v) is 25.2. The third-order valence-electron chi connectivity index (χ3n) is 25.2. The normalized spacial score (nSPS) is 13.6. The Morgan fingerprint density at radius 2 is 0.595 bits per heavy atom. The van der Waals surface area contributed by atoms with E-state index in [1.54, 1.807) is 0 Å². The Morgan fingerprint density at radius 1 is 0.270 bits per heavy atom. The molecule has 0 saturated heterocycles. The molecule has 538 valence electrons. The van der Waals surface area contributed by atoms with Gasteiger partial charge in [0, 0.05) is 56.4 Å². The number of benzene rings is 13. The predicted octanol–water partition coefficient (Wildman–Crippen LogP) is 20.9. The van der Waals surface area contributed by atoms with Gasteiger partial charge in [0.25, 0.3) is 6.71 Å². The molecule has 11 heteroatoms. The van der Waals surface area contributed by atoms with Crippen LogP contribution in [-0.4, -0.2) is 20.1 Å². The quantitative estimate of drug-likeness (QED) is 0.165. The van der Waals surface area contributed by atoms with Crippen molar-refractivity contribution in [3.05, 3.63) is 282 Å². The molecule has 0 radical (unpaired) electrons. The summed E-state index contributed by atoms with van der Waals surface area (Å²) in [6.45, 7) is 39.7. The van der Waals surface area contributed by atoms with Crippen molar-refractivity contribution < 1.29 is 18.3 Å². The molecular formula is C100H85B3N4O4. The van der Waals surface area contributed by atoms with E-state index in [1.807, 2.05) is 0 Å². The van der Waals surface area contributed by atoms with E-state index < -0.39 is 6.71 Å². The van der Waals surface area contributed by atoms with Crippen molar-refractivity contribution in [1.29, 1.82) is 0 Å². The van der Waals surface area contributed by atoms with Crippen LogP contribution in [0.25, 0.3) is 55.3 Å².